The highest BCUT2D eigenvalue weighted by Crippen LogP contribution is 2.36. The molecule has 0 radical (unpaired) electrons. The average Bonchev–Trinajstić information content (AvgIpc) is 2.90. The fraction of sp³-hybridized carbons (Fsp3) is 0.231. The first-order chi connectivity index (χ1) is 8.33. The molecule has 0 bridgehead atoms. The molecule has 2 rings (SSSR count). The molecular formula is C13H15NOS2. The van der Waals surface area contributed by atoms with Crippen molar-refractivity contribution in [3.63, 3.8) is 0 Å². The lowest BCUT2D eigenvalue weighted by atomic mass is 10.3. The minimum Gasteiger partial charge on any atom is -0.497 e. The van der Waals surface area contributed by atoms with Gasteiger partial charge in [-0.2, -0.15) is 0 Å². The zero-order valence-corrected chi connectivity index (χ0v) is 11.3. The molecule has 1 aromatic carbocycles. The van der Waals surface area contributed by atoms with E-state index < -0.39 is 0 Å². The minimum atomic E-state index is 0.336. The first kappa shape index (κ1) is 12.5. The zero-order chi connectivity index (χ0) is 12.1. The average molecular weight is 265 g/mol. The van der Waals surface area contributed by atoms with Gasteiger partial charge < -0.3 is 10.5 Å². The molecule has 2 aromatic rings. The van der Waals surface area contributed by atoms with Crippen LogP contribution in [-0.2, 0) is 0 Å². The topological polar surface area (TPSA) is 35.2 Å². The van der Waals surface area contributed by atoms with Crippen LogP contribution in [0.1, 0.15) is 10.1 Å². The smallest absolute Gasteiger partial charge is 0.118 e. The normalized spacial score (nSPS) is 12.4. The maximum Gasteiger partial charge on any atom is 0.118 e. The van der Waals surface area contributed by atoms with Gasteiger partial charge in [-0.25, -0.2) is 0 Å². The second kappa shape index (κ2) is 6.10. The number of thiophene rings is 1. The second-order valence-electron chi connectivity index (χ2n) is 3.53. The first-order valence-corrected chi connectivity index (χ1v) is 7.13. The molecule has 0 aliphatic carbocycles. The third-order valence-electron chi connectivity index (χ3n) is 2.41. The summed E-state index contributed by atoms with van der Waals surface area (Å²) in [5, 5.41) is 2.43. The summed E-state index contributed by atoms with van der Waals surface area (Å²) in [6.07, 6.45) is 0. The molecule has 0 aliphatic heterocycles. The molecule has 1 aromatic heterocycles. The fourth-order valence-corrected chi connectivity index (χ4v) is 3.46. The van der Waals surface area contributed by atoms with Crippen molar-refractivity contribution in [2.24, 2.45) is 5.73 Å². The Bertz CT molecular complexity index is 439. The van der Waals surface area contributed by atoms with Crippen molar-refractivity contribution in [2.45, 2.75) is 10.1 Å². The van der Waals surface area contributed by atoms with Crippen LogP contribution >= 0.6 is 23.1 Å². The Balaban J connectivity index is 2.07. The van der Waals surface area contributed by atoms with Crippen molar-refractivity contribution >= 4 is 23.1 Å². The van der Waals surface area contributed by atoms with Gasteiger partial charge >= 0.3 is 0 Å². The van der Waals surface area contributed by atoms with Crippen molar-refractivity contribution in [2.75, 3.05) is 13.7 Å². The highest BCUT2D eigenvalue weighted by molar-refractivity contribution is 7.99. The van der Waals surface area contributed by atoms with E-state index in [2.05, 4.69) is 29.6 Å². The Morgan fingerprint density at radius 1 is 1.29 bits per heavy atom. The Kier molecular flexibility index (Phi) is 4.48. The van der Waals surface area contributed by atoms with Crippen LogP contribution in [0.15, 0.2) is 46.7 Å². The van der Waals surface area contributed by atoms with E-state index >= 15 is 0 Å². The largest absolute Gasteiger partial charge is 0.497 e. The molecule has 0 amide bonds. The second-order valence-corrected chi connectivity index (χ2v) is 5.79. The van der Waals surface area contributed by atoms with Crippen molar-refractivity contribution in [1.29, 1.82) is 0 Å². The number of rotatable bonds is 5. The summed E-state index contributed by atoms with van der Waals surface area (Å²) in [4.78, 5) is 2.54. The Morgan fingerprint density at radius 3 is 2.59 bits per heavy atom. The van der Waals surface area contributed by atoms with E-state index in [9.17, 15) is 0 Å². The fourth-order valence-electron chi connectivity index (χ4n) is 1.52. The van der Waals surface area contributed by atoms with Gasteiger partial charge in [0.15, 0.2) is 0 Å². The van der Waals surface area contributed by atoms with E-state index in [0.717, 1.165) is 5.75 Å². The van der Waals surface area contributed by atoms with Gasteiger partial charge in [0.2, 0.25) is 0 Å². The lowest BCUT2D eigenvalue weighted by molar-refractivity contribution is 0.414. The summed E-state index contributed by atoms with van der Waals surface area (Å²) in [5.41, 5.74) is 5.83. The van der Waals surface area contributed by atoms with Crippen molar-refractivity contribution in [3.8, 4) is 5.75 Å². The lowest BCUT2D eigenvalue weighted by Gasteiger charge is -2.12. The van der Waals surface area contributed by atoms with Gasteiger partial charge in [-0.05, 0) is 35.7 Å². The number of hydrogen-bond donors (Lipinski definition) is 1. The maximum atomic E-state index is 5.83. The molecule has 90 valence electrons. The summed E-state index contributed by atoms with van der Waals surface area (Å²) >= 11 is 3.55. The van der Waals surface area contributed by atoms with E-state index in [1.54, 1.807) is 30.2 Å². The molecule has 0 aliphatic rings. The van der Waals surface area contributed by atoms with Crippen LogP contribution in [0.25, 0.3) is 0 Å². The quantitative estimate of drug-likeness (QED) is 0.840. The molecule has 17 heavy (non-hydrogen) atoms. The summed E-state index contributed by atoms with van der Waals surface area (Å²) < 4.78 is 5.14. The van der Waals surface area contributed by atoms with Crippen LogP contribution in [0.3, 0.4) is 0 Å². The van der Waals surface area contributed by atoms with E-state index in [0.29, 0.717) is 11.8 Å². The van der Waals surface area contributed by atoms with Gasteiger partial charge in [-0.15, -0.1) is 23.1 Å². The third-order valence-corrected chi connectivity index (χ3v) is 4.82. The molecule has 0 fully saturated rings. The Morgan fingerprint density at radius 2 is 2.06 bits per heavy atom. The molecule has 4 heteroatoms. The number of nitrogens with two attached hydrogens (primary N) is 1. The van der Waals surface area contributed by atoms with Gasteiger partial charge in [0.05, 0.1) is 12.4 Å². The molecular weight excluding hydrogens is 250 g/mol. The standard InChI is InChI=1S/C13H15NOS2/c1-15-10-4-6-11(7-5-10)17-13(9-14)12-3-2-8-16-12/h2-8,13H,9,14H2,1H3. The van der Waals surface area contributed by atoms with Gasteiger partial charge in [0.1, 0.15) is 5.75 Å². The van der Waals surface area contributed by atoms with E-state index in [1.165, 1.54) is 9.77 Å². The van der Waals surface area contributed by atoms with Crippen molar-refractivity contribution < 1.29 is 4.74 Å². The Hall–Kier alpha value is -0.970. The molecule has 1 atom stereocenters. The number of benzene rings is 1. The van der Waals surface area contributed by atoms with Crippen LogP contribution in [-0.4, -0.2) is 13.7 Å². The summed E-state index contributed by atoms with van der Waals surface area (Å²) in [5.74, 6) is 0.884. The lowest BCUT2D eigenvalue weighted by Crippen LogP contribution is -2.07. The van der Waals surface area contributed by atoms with Crippen LogP contribution in [0, 0.1) is 0 Å². The molecule has 1 heterocycles. The van der Waals surface area contributed by atoms with Crippen LogP contribution in [0.5, 0.6) is 5.75 Å². The van der Waals surface area contributed by atoms with E-state index in [1.807, 2.05) is 12.1 Å². The van der Waals surface area contributed by atoms with Gasteiger partial charge in [-0.1, -0.05) is 6.07 Å². The van der Waals surface area contributed by atoms with Crippen molar-refractivity contribution in [3.05, 3.63) is 46.7 Å². The molecule has 2 N–H and O–H groups in total. The molecule has 0 spiro atoms. The van der Waals surface area contributed by atoms with E-state index in [4.69, 9.17) is 10.5 Å². The third kappa shape index (κ3) is 3.25. The number of methoxy groups -OCH3 is 1. The van der Waals surface area contributed by atoms with Crippen molar-refractivity contribution in [1.82, 2.24) is 0 Å². The maximum absolute atomic E-state index is 5.83. The molecule has 0 saturated carbocycles. The predicted molar refractivity (Wildman–Crippen MR) is 75.0 cm³/mol. The van der Waals surface area contributed by atoms with Gasteiger partial charge in [0, 0.05) is 16.3 Å². The highest BCUT2D eigenvalue weighted by Gasteiger charge is 2.12. The van der Waals surface area contributed by atoms with Gasteiger partial charge in [0.25, 0.3) is 0 Å². The summed E-state index contributed by atoms with van der Waals surface area (Å²) in [7, 11) is 1.68. The highest BCUT2D eigenvalue weighted by atomic mass is 32.2. The zero-order valence-electron chi connectivity index (χ0n) is 9.63. The first-order valence-electron chi connectivity index (χ1n) is 5.37. The SMILES string of the molecule is COc1ccc(SC(CN)c2cccs2)cc1. The van der Waals surface area contributed by atoms with E-state index in [-0.39, 0.29) is 0 Å². The van der Waals surface area contributed by atoms with Crippen LogP contribution < -0.4 is 10.5 Å². The monoisotopic (exact) mass is 265 g/mol. The predicted octanol–water partition coefficient (Wildman–Crippen LogP) is 3.55. The summed E-state index contributed by atoms with van der Waals surface area (Å²) in [6.45, 7) is 0.650. The molecule has 2 nitrogen and oxygen atoms in total. The number of hydrogen-bond acceptors (Lipinski definition) is 4. The minimum absolute atomic E-state index is 0.336. The Labute approximate surface area is 110 Å². The molecule has 1 unspecified atom stereocenters. The molecule has 0 saturated heterocycles. The van der Waals surface area contributed by atoms with Gasteiger partial charge in [-0.3, -0.25) is 0 Å². The van der Waals surface area contributed by atoms with Crippen LogP contribution in [0.2, 0.25) is 0 Å². The number of ether oxygens (including phenoxy) is 1. The number of thioether (sulfide) groups is 1. The van der Waals surface area contributed by atoms with Crippen LogP contribution in [0.4, 0.5) is 0 Å². The summed E-state index contributed by atoms with van der Waals surface area (Å²) in [6, 6.07) is 12.3.